The van der Waals surface area contributed by atoms with Crippen molar-refractivity contribution >= 4 is 37.5 Å². The van der Waals surface area contributed by atoms with E-state index in [9.17, 15) is 0 Å². The lowest BCUT2D eigenvalue weighted by Gasteiger charge is -1.88. The summed E-state index contributed by atoms with van der Waals surface area (Å²) in [5.74, 6) is 0. The first-order valence-corrected chi connectivity index (χ1v) is 5.51. The molecule has 0 spiro atoms. The Morgan fingerprint density at radius 1 is 1.50 bits per heavy atom. The molecule has 12 heavy (non-hydrogen) atoms. The first-order chi connectivity index (χ1) is 5.79. The Morgan fingerprint density at radius 2 is 2.33 bits per heavy atom. The summed E-state index contributed by atoms with van der Waals surface area (Å²) in [6.45, 7) is 3.86. The molecule has 1 radical (unpaired) electrons. The summed E-state index contributed by atoms with van der Waals surface area (Å²) in [6.07, 6.45) is 0. The zero-order chi connectivity index (χ0) is 8.55. The molecule has 2 aromatic rings. The van der Waals surface area contributed by atoms with Crippen LogP contribution in [0, 0.1) is 6.92 Å². The number of aromatic nitrogens is 1. The molecule has 1 nitrogen and oxygen atoms in total. The highest BCUT2D eigenvalue weighted by atomic mass is 79.9. The molecule has 0 atom stereocenters. The van der Waals surface area contributed by atoms with E-state index in [2.05, 4.69) is 33.9 Å². The Kier molecular flexibility index (Phi) is 2.15. The van der Waals surface area contributed by atoms with Crippen LogP contribution in [-0.4, -0.2) is 4.98 Å². The predicted octanol–water partition coefficient (Wildman–Crippen LogP) is 3.37. The topological polar surface area (TPSA) is 12.9 Å². The van der Waals surface area contributed by atoms with Crippen molar-refractivity contribution in [3.8, 4) is 0 Å². The van der Waals surface area contributed by atoms with Crippen molar-refractivity contribution in [3.05, 3.63) is 35.7 Å². The van der Waals surface area contributed by atoms with Gasteiger partial charge in [0.1, 0.15) is 5.01 Å². The quantitative estimate of drug-likeness (QED) is 0.697. The van der Waals surface area contributed by atoms with Crippen molar-refractivity contribution in [2.75, 3.05) is 0 Å². The smallest absolute Gasteiger partial charge is 0.104 e. The Morgan fingerprint density at radius 3 is 3.08 bits per heavy atom. The second-order valence-corrected chi connectivity index (χ2v) is 4.22. The summed E-state index contributed by atoms with van der Waals surface area (Å²) in [7, 11) is 0. The van der Waals surface area contributed by atoms with Crippen LogP contribution in [0.1, 0.15) is 10.6 Å². The molecule has 0 N–H and O–H groups in total. The molecule has 61 valence electrons. The summed E-state index contributed by atoms with van der Waals surface area (Å²) in [4.78, 5) is 4.42. The average Bonchev–Trinajstić information content (AvgIpc) is 2.46. The van der Waals surface area contributed by atoms with E-state index >= 15 is 0 Å². The Hall–Kier alpha value is -0.410. The Bertz CT molecular complexity index is 408. The lowest BCUT2D eigenvalue weighted by Crippen LogP contribution is -1.73. The van der Waals surface area contributed by atoms with E-state index in [0.29, 0.717) is 0 Å². The van der Waals surface area contributed by atoms with Gasteiger partial charge in [0.05, 0.1) is 15.5 Å². The van der Waals surface area contributed by atoms with E-state index < -0.39 is 0 Å². The molecule has 1 heterocycles. The fourth-order valence-electron chi connectivity index (χ4n) is 1.08. The maximum Gasteiger partial charge on any atom is 0.104 e. The second kappa shape index (κ2) is 3.15. The standard InChI is InChI=1S/C9H7BrNS/c1-6-2-3-8-7(4-6)11-9(5-10)12-8/h2-4H,1,5H2. The zero-order valence-corrected chi connectivity index (χ0v) is 8.78. The molecular formula is C9H7BrNS. The Labute approximate surface area is 83.6 Å². The lowest BCUT2D eigenvalue weighted by molar-refractivity contribution is 1.32. The van der Waals surface area contributed by atoms with Gasteiger partial charge >= 0.3 is 0 Å². The number of fused-ring (bicyclic) bond motifs is 1. The average molecular weight is 241 g/mol. The van der Waals surface area contributed by atoms with Gasteiger partial charge in [0.2, 0.25) is 0 Å². The molecule has 0 aliphatic carbocycles. The molecule has 0 fully saturated rings. The van der Waals surface area contributed by atoms with E-state index in [1.165, 1.54) is 4.70 Å². The molecule has 0 saturated carbocycles. The van der Waals surface area contributed by atoms with Crippen molar-refractivity contribution in [3.63, 3.8) is 0 Å². The highest BCUT2D eigenvalue weighted by Gasteiger charge is 2.01. The minimum absolute atomic E-state index is 0.832. The number of hydrogen-bond acceptors (Lipinski definition) is 2. The summed E-state index contributed by atoms with van der Waals surface area (Å²) in [5, 5.41) is 1.95. The second-order valence-electron chi connectivity index (χ2n) is 2.54. The monoisotopic (exact) mass is 240 g/mol. The van der Waals surface area contributed by atoms with Gasteiger partial charge in [0.15, 0.2) is 0 Å². The molecular weight excluding hydrogens is 234 g/mol. The first-order valence-electron chi connectivity index (χ1n) is 3.57. The van der Waals surface area contributed by atoms with Gasteiger partial charge in [-0.3, -0.25) is 0 Å². The number of rotatable bonds is 1. The van der Waals surface area contributed by atoms with Gasteiger partial charge < -0.3 is 0 Å². The van der Waals surface area contributed by atoms with Crippen molar-refractivity contribution in [2.24, 2.45) is 0 Å². The fraction of sp³-hybridized carbons (Fsp3) is 0.111. The third kappa shape index (κ3) is 1.39. The molecule has 3 heteroatoms. The highest BCUT2D eigenvalue weighted by Crippen LogP contribution is 2.24. The minimum Gasteiger partial charge on any atom is -0.240 e. The van der Waals surface area contributed by atoms with Crippen molar-refractivity contribution < 1.29 is 0 Å². The summed E-state index contributed by atoms with van der Waals surface area (Å²) in [6, 6.07) is 6.10. The van der Waals surface area contributed by atoms with Gasteiger partial charge in [-0.2, -0.15) is 0 Å². The summed E-state index contributed by atoms with van der Waals surface area (Å²) in [5.41, 5.74) is 2.08. The largest absolute Gasteiger partial charge is 0.240 e. The number of nitrogens with zero attached hydrogens (tertiary/aromatic N) is 1. The molecule has 0 aliphatic heterocycles. The van der Waals surface area contributed by atoms with Crippen LogP contribution in [0.4, 0.5) is 0 Å². The first kappa shape index (κ1) is 8.20. The van der Waals surface area contributed by atoms with Crippen molar-refractivity contribution in [1.82, 2.24) is 4.98 Å². The van der Waals surface area contributed by atoms with Crippen LogP contribution in [0.5, 0.6) is 0 Å². The van der Waals surface area contributed by atoms with Gasteiger partial charge in [-0.1, -0.05) is 22.0 Å². The molecule has 1 aromatic heterocycles. The van der Waals surface area contributed by atoms with E-state index in [1.807, 2.05) is 12.1 Å². The van der Waals surface area contributed by atoms with Gasteiger partial charge in [0, 0.05) is 0 Å². The van der Waals surface area contributed by atoms with E-state index in [4.69, 9.17) is 0 Å². The summed E-state index contributed by atoms with van der Waals surface area (Å²) < 4.78 is 1.23. The maximum absolute atomic E-state index is 4.42. The van der Waals surface area contributed by atoms with Gasteiger partial charge in [0.25, 0.3) is 0 Å². The molecule has 0 unspecified atom stereocenters. The zero-order valence-electron chi connectivity index (χ0n) is 6.38. The van der Waals surface area contributed by atoms with E-state index in [0.717, 1.165) is 21.4 Å². The van der Waals surface area contributed by atoms with Crippen LogP contribution >= 0.6 is 27.3 Å². The molecule has 2 rings (SSSR count). The highest BCUT2D eigenvalue weighted by molar-refractivity contribution is 9.08. The van der Waals surface area contributed by atoms with E-state index in [1.54, 1.807) is 11.3 Å². The van der Waals surface area contributed by atoms with Crippen LogP contribution in [0.3, 0.4) is 0 Å². The molecule has 1 aromatic carbocycles. The number of hydrogen-bond donors (Lipinski definition) is 0. The van der Waals surface area contributed by atoms with Crippen LogP contribution in [0.15, 0.2) is 18.2 Å². The third-order valence-corrected chi connectivity index (χ3v) is 3.55. The number of thiazole rings is 1. The molecule has 0 saturated heterocycles. The van der Waals surface area contributed by atoms with Crippen LogP contribution < -0.4 is 0 Å². The normalized spacial score (nSPS) is 10.8. The molecule has 0 bridgehead atoms. The Balaban J connectivity index is 2.67. The van der Waals surface area contributed by atoms with Gasteiger partial charge in [-0.25, -0.2) is 4.98 Å². The number of alkyl halides is 1. The fourth-order valence-corrected chi connectivity index (χ4v) is 2.34. The van der Waals surface area contributed by atoms with Crippen LogP contribution in [0.2, 0.25) is 0 Å². The minimum atomic E-state index is 0.832. The van der Waals surface area contributed by atoms with Crippen LogP contribution in [-0.2, 0) is 5.33 Å². The van der Waals surface area contributed by atoms with Crippen LogP contribution in [0.25, 0.3) is 10.2 Å². The SMILES string of the molecule is [CH2]c1ccc2sc(CBr)nc2c1. The third-order valence-electron chi connectivity index (χ3n) is 1.61. The van der Waals surface area contributed by atoms with Gasteiger partial charge in [-0.05, 0) is 24.6 Å². The number of halogens is 1. The van der Waals surface area contributed by atoms with Crippen molar-refractivity contribution in [2.45, 2.75) is 5.33 Å². The van der Waals surface area contributed by atoms with E-state index in [-0.39, 0.29) is 0 Å². The number of benzene rings is 1. The van der Waals surface area contributed by atoms with Gasteiger partial charge in [-0.15, -0.1) is 11.3 Å². The molecule has 0 amide bonds. The predicted molar refractivity (Wildman–Crippen MR) is 56.7 cm³/mol. The summed E-state index contributed by atoms with van der Waals surface area (Å²) >= 11 is 5.11. The lowest BCUT2D eigenvalue weighted by atomic mass is 10.2. The maximum atomic E-state index is 4.42. The molecule has 0 aliphatic rings. The van der Waals surface area contributed by atoms with Crippen molar-refractivity contribution in [1.29, 1.82) is 0 Å².